The minimum atomic E-state index is -0.108. The third kappa shape index (κ3) is 2.34. The zero-order chi connectivity index (χ0) is 14.3. The second kappa shape index (κ2) is 5.25. The van der Waals surface area contributed by atoms with Gasteiger partial charge in [0.2, 0.25) is 0 Å². The lowest BCUT2D eigenvalue weighted by Crippen LogP contribution is -2.49. The molecule has 116 valence electrons. The van der Waals surface area contributed by atoms with Crippen molar-refractivity contribution >= 4 is 5.69 Å². The van der Waals surface area contributed by atoms with E-state index in [1.165, 1.54) is 5.56 Å². The van der Waals surface area contributed by atoms with Gasteiger partial charge in [0.05, 0.1) is 0 Å². The molecular formula is C17H25FN2O. The van der Waals surface area contributed by atoms with Gasteiger partial charge in [0.15, 0.2) is 0 Å². The number of nitrogens with zero attached hydrogens (tertiary/aromatic N) is 1. The van der Waals surface area contributed by atoms with Crippen molar-refractivity contribution in [3.8, 4) is 0 Å². The molecule has 3 heterocycles. The summed E-state index contributed by atoms with van der Waals surface area (Å²) in [5, 5.41) is 3.48. The maximum atomic E-state index is 13.6. The first-order valence-corrected chi connectivity index (χ1v) is 8.13. The summed E-state index contributed by atoms with van der Waals surface area (Å²) in [5.41, 5.74) is 2.49. The van der Waals surface area contributed by atoms with E-state index >= 15 is 0 Å². The minimum absolute atomic E-state index is 0. The summed E-state index contributed by atoms with van der Waals surface area (Å²) in [6, 6.07) is 5.89. The fourth-order valence-electron chi connectivity index (χ4n) is 4.28. The Morgan fingerprint density at radius 2 is 2.00 bits per heavy atom. The summed E-state index contributed by atoms with van der Waals surface area (Å²) in [7, 11) is 0. The number of halogens is 1. The molecule has 0 unspecified atom stereocenters. The molecule has 0 radical (unpaired) electrons. The van der Waals surface area contributed by atoms with Crippen LogP contribution in [0.25, 0.3) is 0 Å². The Kier molecular flexibility index (Phi) is 3.38. The molecule has 1 N–H and O–H groups in total. The topological polar surface area (TPSA) is 24.5 Å². The van der Waals surface area contributed by atoms with E-state index in [1.807, 2.05) is 6.07 Å². The first kappa shape index (κ1) is 13.5. The highest BCUT2D eigenvalue weighted by molar-refractivity contribution is 5.60. The molecule has 2 fully saturated rings. The Hall–Kier alpha value is -1.13. The van der Waals surface area contributed by atoms with Gasteiger partial charge in [-0.15, -0.1) is 0 Å². The molecule has 1 aromatic rings. The van der Waals surface area contributed by atoms with Gasteiger partial charge in [-0.05, 0) is 62.5 Å². The molecule has 0 aliphatic carbocycles. The van der Waals surface area contributed by atoms with Crippen molar-refractivity contribution in [1.82, 2.24) is 4.90 Å². The molecule has 0 amide bonds. The highest BCUT2D eigenvalue weighted by Gasteiger charge is 2.42. The molecule has 4 rings (SSSR count). The standard InChI is InChI=1S/C17H23FN2O.H2/c18-13-1-2-16-15(11-13)17(12-19-16)5-7-20(8-6-17)14-3-9-21-10-4-14;/h1-2,11,14,19H,3-10,12H2;1H. The monoisotopic (exact) mass is 292 g/mol. The summed E-state index contributed by atoms with van der Waals surface area (Å²) in [4.78, 5) is 2.63. The molecule has 2 saturated heterocycles. The van der Waals surface area contributed by atoms with Crippen molar-refractivity contribution in [2.24, 2.45) is 0 Å². The third-order valence-corrected chi connectivity index (χ3v) is 5.63. The fourth-order valence-corrected chi connectivity index (χ4v) is 4.28. The van der Waals surface area contributed by atoms with E-state index in [1.54, 1.807) is 12.1 Å². The summed E-state index contributed by atoms with van der Waals surface area (Å²) >= 11 is 0. The normalized spacial score (nSPS) is 25.8. The predicted molar refractivity (Wildman–Crippen MR) is 83.3 cm³/mol. The van der Waals surface area contributed by atoms with Crippen molar-refractivity contribution < 1.29 is 10.6 Å². The van der Waals surface area contributed by atoms with Crippen LogP contribution in [0, 0.1) is 5.82 Å². The summed E-state index contributed by atoms with van der Waals surface area (Å²) in [5.74, 6) is -0.108. The number of likely N-dealkylation sites (tertiary alicyclic amines) is 1. The highest BCUT2D eigenvalue weighted by atomic mass is 19.1. The van der Waals surface area contributed by atoms with E-state index < -0.39 is 0 Å². The van der Waals surface area contributed by atoms with Crippen molar-refractivity contribution in [2.75, 3.05) is 38.2 Å². The van der Waals surface area contributed by atoms with Gasteiger partial charge in [-0.25, -0.2) is 4.39 Å². The molecule has 1 aromatic carbocycles. The Labute approximate surface area is 127 Å². The van der Waals surface area contributed by atoms with Crippen LogP contribution in [0.1, 0.15) is 32.7 Å². The van der Waals surface area contributed by atoms with Crippen LogP contribution in [0.2, 0.25) is 0 Å². The van der Waals surface area contributed by atoms with Crippen molar-refractivity contribution in [3.05, 3.63) is 29.6 Å². The van der Waals surface area contributed by atoms with Crippen LogP contribution in [-0.2, 0) is 10.2 Å². The van der Waals surface area contributed by atoms with Crippen LogP contribution in [-0.4, -0.2) is 43.8 Å². The van der Waals surface area contributed by atoms with Crippen molar-refractivity contribution in [2.45, 2.75) is 37.1 Å². The second-order valence-electron chi connectivity index (χ2n) is 6.70. The molecule has 3 aliphatic rings. The van der Waals surface area contributed by atoms with E-state index in [2.05, 4.69) is 10.2 Å². The van der Waals surface area contributed by atoms with E-state index in [0.29, 0.717) is 6.04 Å². The zero-order valence-corrected chi connectivity index (χ0v) is 12.4. The van der Waals surface area contributed by atoms with Gasteiger partial charge < -0.3 is 15.0 Å². The van der Waals surface area contributed by atoms with Gasteiger partial charge in [-0.2, -0.15) is 0 Å². The number of nitrogens with one attached hydrogen (secondary N) is 1. The number of ether oxygens (including phenoxy) is 1. The summed E-state index contributed by atoms with van der Waals surface area (Å²) in [6.07, 6.45) is 4.59. The van der Waals surface area contributed by atoms with Crippen molar-refractivity contribution in [3.63, 3.8) is 0 Å². The largest absolute Gasteiger partial charge is 0.384 e. The van der Waals surface area contributed by atoms with Crippen LogP contribution in [0.3, 0.4) is 0 Å². The Balaban J connectivity index is 0.00000144. The SMILES string of the molecule is Fc1ccc2c(c1)C1(CCN(C3CCOCC3)CC1)CN2.[HH]. The van der Waals surface area contributed by atoms with Crippen LogP contribution < -0.4 is 5.32 Å². The van der Waals surface area contributed by atoms with E-state index in [9.17, 15) is 4.39 Å². The third-order valence-electron chi connectivity index (χ3n) is 5.63. The molecule has 0 bridgehead atoms. The molecular weight excluding hydrogens is 267 g/mol. The van der Waals surface area contributed by atoms with Crippen LogP contribution in [0.15, 0.2) is 18.2 Å². The number of hydrogen-bond acceptors (Lipinski definition) is 3. The van der Waals surface area contributed by atoms with E-state index in [0.717, 1.165) is 64.2 Å². The maximum Gasteiger partial charge on any atom is 0.123 e. The first-order valence-electron chi connectivity index (χ1n) is 8.13. The number of benzene rings is 1. The van der Waals surface area contributed by atoms with Gasteiger partial charge in [-0.3, -0.25) is 0 Å². The van der Waals surface area contributed by atoms with Gasteiger partial charge in [0.25, 0.3) is 0 Å². The number of anilines is 1. The average Bonchev–Trinajstić information content (AvgIpc) is 2.87. The van der Waals surface area contributed by atoms with Crippen LogP contribution in [0.4, 0.5) is 10.1 Å². The number of rotatable bonds is 1. The van der Waals surface area contributed by atoms with E-state index in [-0.39, 0.29) is 12.7 Å². The average molecular weight is 292 g/mol. The maximum absolute atomic E-state index is 13.6. The summed E-state index contributed by atoms with van der Waals surface area (Å²) < 4.78 is 19.1. The molecule has 1 spiro atoms. The minimum Gasteiger partial charge on any atom is -0.384 e. The van der Waals surface area contributed by atoms with Gasteiger partial charge in [-0.1, -0.05) is 0 Å². The van der Waals surface area contributed by atoms with Gasteiger partial charge >= 0.3 is 0 Å². The van der Waals surface area contributed by atoms with Crippen LogP contribution >= 0.6 is 0 Å². The molecule has 4 heteroatoms. The quantitative estimate of drug-likeness (QED) is 0.861. The van der Waals surface area contributed by atoms with Crippen molar-refractivity contribution in [1.29, 1.82) is 0 Å². The van der Waals surface area contributed by atoms with Gasteiger partial charge in [0, 0.05) is 38.3 Å². The molecule has 3 aliphatic heterocycles. The lowest BCUT2D eigenvalue weighted by atomic mass is 9.74. The molecule has 0 atom stereocenters. The second-order valence-corrected chi connectivity index (χ2v) is 6.70. The lowest BCUT2D eigenvalue weighted by Gasteiger charge is -2.43. The first-order chi connectivity index (χ1) is 10.3. The highest BCUT2D eigenvalue weighted by Crippen LogP contribution is 2.44. The number of piperidine rings is 1. The number of fused-ring (bicyclic) bond motifs is 2. The molecule has 0 aromatic heterocycles. The zero-order valence-electron chi connectivity index (χ0n) is 12.4. The van der Waals surface area contributed by atoms with E-state index in [4.69, 9.17) is 4.74 Å². The summed E-state index contributed by atoms with van der Waals surface area (Å²) in [6.45, 7) is 5.03. The molecule has 3 nitrogen and oxygen atoms in total. The Bertz CT molecular complexity index is 525. The molecule has 0 saturated carbocycles. The predicted octanol–water partition coefficient (Wildman–Crippen LogP) is 3.01. The molecule has 21 heavy (non-hydrogen) atoms. The smallest absolute Gasteiger partial charge is 0.123 e. The Morgan fingerprint density at radius 3 is 2.76 bits per heavy atom. The number of hydrogen-bond donors (Lipinski definition) is 1. The fraction of sp³-hybridized carbons (Fsp3) is 0.647. The van der Waals surface area contributed by atoms with Gasteiger partial charge in [0.1, 0.15) is 5.82 Å². The lowest BCUT2D eigenvalue weighted by molar-refractivity contribution is 0.0187. The van der Waals surface area contributed by atoms with Crippen LogP contribution in [0.5, 0.6) is 0 Å². The Morgan fingerprint density at radius 1 is 1.24 bits per heavy atom.